The lowest BCUT2D eigenvalue weighted by Gasteiger charge is -2.34. The van der Waals surface area contributed by atoms with Crippen LogP contribution in [0.3, 0.4) is 0 Å². The van der Waals surface area contributed by atoms with Crippen LogP contribution in [0.15, 0.2) is 29.4 Å². The molecule has 1 saturated heterocycles. The van der Waals surface area contributed by atoms with Crippen molar-refractivity contribution in [1.29, 1.82) is 0 Å². The van der Waals surface area contributed by atoms with E-state index < -0.39 is 22.8 Å². The third-order valence-electron chi connectivity index (χ3n) is 3.86. The van der Waals surface area contributed by atoms with Crippen molar-refractivity contribution in [2.75, 3.05) is 6.54 Å². The van der Waals surface area contributed by atoms with E-state index in [1.165, 1.54) is 29.1 Å². The van der Waals surface area contributed by atoms with Crippen molar-refractivity contribution >= 4 is 40.5 Å². The summed E-state index contributed by atoms with van der Waals surface area (Å²) in [7, 11) is 0. The number of hydrazone groups is 1. The second kappa shape index (κ2) is 8.79. The molecule has 1 fully saturated rings. The topological polar surface area (TPSA) is 68.2 Å². The van der Waals surface area contributed by atoms with E-state index in [0.29, 0.717) is 21.5 Å². The molecule has 2 rings (SSSR count). The van der Waals surface area contributed by atoms with Gasteiger partial charge in [-0.25, -0.2) is 14.2 Å². The molecular weight excluding hydrogens is 375 g/mol. The van der Waals surface area contributed by atoms with E-state index in [-0.39, 0.29) is 0 Å². The smallest absolute Gasteiger partial charge is 0.336 e. The van der Waals surface area contributed by atoms with Crippen molar-refractivity contribution in [2.45, 2.75) is 44.5 Å². The number of thioether (sulfide) groups is 1. The number of nitrogens with zero attached hydrogens (tertiary/aromatic N) is 3. The van der Waals surface area contributed by atoms with E-state index in [9.17, 15) is 14.4 Å². The van der Waals surface area contributed by atoms with Crippen LogP contribution >= 0.6 is 24.0 Å². The molecule has 1 aliphatic rings. The molecule has 0 saturated carbocycles. The van der Waals surface area contributed by atoms with Crippen molar-refractivity contribution in [3.63, 3.8) is 0 Å². The van der Waals surface area contributed by atoms with Gasteiger partial charge >= 0.3 is 6.03 Å². The van der Waals surface area contributed by atoms with Gasteiger partial charge in [0, 0.05) is 12.1 Å². The van der Waals surface area contributed by atoms with E-state index in [4.69, 9.17) is 12.2 Å². The molecule has 1 aliphatic heterocycles. The van der Waals surface area contributed by atoms with Crippen molar-refractivity contribution in [3.05, 3.63) is 35.6 Å². The molecule has 0 radical (unpaired) electrons. The van der Waals surface area contributed by atoms with E-state index in [0.717, 1.165) is 12.8 Å². The maximum Gasteiger partial charge on any atom is 0.343 e. The van der Waals surface area contributed by atoms with Gasteiger partial charge in [-0.2, -0.15) is 10.2 Å². The Bertz CT molecular complexity index is 699. The summed E-state index contributed by atoms with van der Waals surface area (Å²) in [5.41, 5.74) is 0.292. The summed E-state index contributed by atoms with van der Waals surface area (Å²) in [5.74, 6) is -0.414. The summed E-state index contributed by atoms with van der Waals surface area (Å²) >= 11 is 6.66. The molecule has 0 aromatic heterocycles. The van der Waals surface area contributed by atoms with Gasteiger partial charge in [-0.3, -0.25) is 5.21 Å². The van der Waals surface area contributed by atoms with Gasteiger partial charge in [0.2, 0.25) is 0 Å². The summed E-state index contributed by atoms with van der Waals surface area (Å²) in [5, 5.41) is 19.3. The molecule has 0 spiro atoms. The van der Waals surface area contributed by atoms with Crippen molar-refractivity contribution in [1.82, 2.24) is 15.4 Å². The SMILES string of the molecule is CCCCNC(=O)N(O)[C@@H]1N(/N=C\c2ccccc2F)C(=S)SC1(C)C. The second-order valence-corrected chi connectivity index (χ2v) is 8.67. The second-order valence-electron chi connectivity index (χ2n) is 6.39. The molecule has 26 heavy (non-hydrogen) atoms. The number of unbranched alkanes of at least 4 members (excludes halogenated alkanes) is 1. The number of hydroxylamine groups is 2. The normalized spacial score (nSPS) is 19.2. The number of hydrogen-bond donors (Lipinski definition) is 2. The number of hydrogen-bond acceptors (Lipinski definition) is 5. The standard InChI is InChI=1S/C17H23FN4O2S2/c1-4-5-10-19-15(23)22(24)14-17(2,3)26-16(25)21(14)20-11-12-8-6-7-9-13(12)18/h6-9,11,14,24H,4-5,10H2,1-3H3,(H,19,23)/b20-11-/t14-/m0/s1. The van der Waals surface area contributed by atoms with Gasteiger partial charge in [-0.1, -0.05) is 55.5 Å². The Morgan fingerprint density at radius 1 is 1.54 bits per heavy atom. The number of urea groups is 1. The van der Waals surface area contributed by atoms with Crippen LogP contribution in [-0.4, -0.2) is 49.3 Å². The third kappa shape index (κ3) is 4.72. The van der Waals surface area contributed by atoms with Crippen molar-refractivity contribution in [2.24, 2.45) is 5.10 Å². The first-order valence-electron chi connectivity index (χ1n) is 8.34. The van der Waals surface area contributed by atoms with Crippen LogP contribution < -0.4 is 5.32 Å². The van der Waals surface area contributed by atoms with Crippen LogP contribution in [0.2, 0.25) is 0 Å². The number of carbonyl (C=O) groups excluding carboxylic acids is 1. The van der Waals surface area contributed by atoms with Gasteiger partial charge in [0.05, 0.1) is 11.0 Å². The van der Waals surface area contributed by atoms with Crippen molar-refractivity contribution in [3.8, 4) is 0 Å². The fourth-order valence-corrected chi connectivity index (χ4v) is 4.28. The van der Waals surface area contributed by atoms with Crippen molar-refractivity contribution < 1.29 is 14.4 Å². The Labute approximate surface area is 162 Å². The predicted octanol–water partition coefficient (Wildman–Crippen LogP) is 3.80. The molecule has 0 aliphatic carbocycles. The lowest BCUT2D eigenvalue weighted by molar-refractivity contribution is -0.118. The molecule has 1 aromatic carbocycles. The van der Waals surface area contributed by atoms with Crippen LogP contribution in [0.25, 0.3) is 0 Å². The molecule has 0 unspecified atom stereocenters. The Balaban J connectivity index is 2.21. The maximum absolute atomic E-state index is 13.8. The first-order valence-corrected chi connectivity index (χ1v) is 9.57. The van der Waals surface area contributed by atoms with E-state index in [1.54, 1.807) is 18.2 Å². The maximum atomic E-state index is 13.8. The highest BCUT2D eigenvalue weighted by molar-refractivity contribution is 8.24. The fraction of sp³-hybridized carbons (Fsp3) is 0.471. The lowest BCUT2D eigenvalue weighted by atomic mass is 10.1. The minimum absolute atomic E-state index is 0.292. The quantitative estimate of drug-likeness (QED) is 0.251. The first-order chi connectivity index (χ1) is 12.3. The van der Waals surface area contributed by atoms with Crippen LogP contribution in [0.1, 0.15) is 39.2 Å². The molecule has 6 nitrogen and oxygen atoms in total. The zero-order valence-electron chi connectivity index (χ0n) is 15.0. The average Bonchev–Trinajstić information content (AvgIpc) is 2.81. The van der Waals surface area contributed by atoms with Gasteiger partial charge in [0.1, 0.15) is 5.82 Å². The van der Waals surface area contributed by atoms with Gasteiger partial charge < -0.3 is 5.32 Å². The van der Waals surface area contributed by atoms with E-state index >= 15 is 0 Å². The van der Waals surface area contributed by atoms with Crippen LogP contribution in [-0.2, 0) is 0 Å². The highest BCUT2D eigenvalue weighted by Gasteiger charge is 2.49. The Morgan fingerprint density at radius 3 is 2.88 bits per heavy atom. The number of nitrogens with one attached hydrogen (secondary N) is 1. The first kappa shape index (κ1) is 20.6. The Hall–Kier alpha value is -1.71. The summed E-state index contributed by atoms with van der Waals surface area (Å²) < 4.78 is 13.6. The Kier molecular flexibility index (Phi) is 6.96. The van der Waals surface area contributed by atoms with E-state index in [1.807, 2.05) is 20.8 Å². The average molecular weight is 399 g/mol. The Morgan fingerprint density at radius 2 is 2.23 bits per heavy atom. The zero-order chi connectivity index (χ0) is 19.3. The molecule has 2 N–H and O–H groups in total. The molecule has 0 bridgehead atoms. The van der Waals surface area contributed by atoms with E-state index in [2.05, 4.69) is 10.4 Å². The largest absolute Gasteiger partial charge is 0.343 e. The zero-order valence-corrected chi connectivity index (χ0v) is 16.6. The third-order valence-corrected chi connectivity index (χ3v) is 5.40. The van der Waals surface area contributed by atoms with Gasteiger partial charge in [-0.15, -0.1) is 0 Å². The molecule has 142 valence electrons. The number of rotatable bonds is 6. The fourth-order valence-electron chi connectivity index (χ4n) is 2.50. The van der Waals surface area contributed by atoms with Crippen LogP contribution in [0.5, 0.6) is 0 Å². The predicted molar refractivity (Wildman–Crippen MR) is 106 cm³/mol. The number of halogens is 1. The molecule has 2 amide bonds. The van der Waals surface area contributed by atoms with Crippen LogP contribution in [0.4, 0.5) is 9.18 Å². The number of amides is 2. The summed E-state index contributed by atoms with van der Waals surface area (Å²) in [6.07, 6.45) is 2.26. The molecule has 1 atom stereocenters. The minimum atomic E-state index is -0.815. The monoisotopic (exact) mass is 398 g/mol. The molecular formula is C17H23FN4O2S2. The summed E-state index contributed by atoms with van der Waals surface area (Å²) in [6.45, 7) is 6.19. The highest BCUT2D eigenvalue weighted by Crippen LogP contribution is 2.42. The van der Waals surface area contributed by atoms with Gasteiger partial charge in [0.15, 0.2) is 10.5 Å². The lowest BCUT2D eigenvalue weighted by Crippen LogP contribution is -2.55. The molecule has 1 aromatic rings. The van der Waals surface area contributed by atoms with Crippen LogP contribution in [0, 0.1) is 5.82 Å². The highest BCUT2D eigenvalue weighted by atomic mass is 32.2. The number of thiocarbonyl (C=S) groups is 1. The molecule has 9 heteroatoms. The number of carbonyl (C=O) groups is 1. The summed E-state index contributed by atoms with van der Waals surface area (Å²) in [6, 6.07) is 5.58. The van der Waals surface area contributed by atoms with Gasteiger partial charge in [0.25, 0.3) is 0 Å². The summed E-state index contributed by atoms with van der Waals surface area (Å²) in [4.78, 5) is 12.2. The minimum Gasteiger partial charge on any atom is -0.336 e. The van der Waals surface area contributed by atoms with Gasteiger partial charge in [-0.05, 0) is 26.3 Å². The number of benzene rings is 1. The molecule has 1 heterocycles.